The molecule has 86 valence electrons. The lowest BCUT2D eigenvalue weighted by Gasteiger charge is -2.10. The van der Waals surface area contributed by atoms with Gasteiger partial charge in [-0.2, -0.15) is 5.10 Å². The fraction of sp³-hybridized carbons (Fsp3) is 0.364. The van der Waals surface area contributed by atoms with E-state index in [2.05, 4.69) is 10.4 Å². The van der Waals surface area contributed by atoms with Crippen LogP contribution in [0.25, 0.3) is 0 Å². The van der Waals surface area contributed by atoms with E-state index < -0.39 is 0 Å². The molecule has 1 atom stereocenters. The Labute approximate surface area is 93.7 Å². The molecule has 0 saturated heterocycles. The van der Waals surface area contributed by atoms with E-state index in [9.17, 15) is 0 Å². The Morgan fingerprint density at radius 3 is 3.19 bits per heavy atom. The minimum atomic E-state index is 0.0921. The van der Waals surface area contributed by atoms with Crippen molar-refractivity contribution in [2.45, 2.75) is 19.5 Å². The molecule has 2 rings (SSSR count). The van der Waals surface area contributed by atoms with Crippen LogP contribution >= 0.6 is 0 Å². The molecular weight excluding hydrogens is 206 g/mol. The Hall–Kier alpha value is -1.75. The van der Waals surface area contributed by atoms with Gasteiger partial charge in [0.15, 0.2) is 0 Å². The Bertz CT molecular complexity index is 422. The van der Waals surface area contributed by atoms with Crippen LogP contribution in [0.3, 0.4) is 0 Å². The van der Waals surface area contributed by atoms with Crippen molar-refractivity contribution in [3.8, 4) is 0 Å². The maximum absolute atomic E-state index is 8.76. The van der Waals surface area contributed by atoms with Crippen molar-refractivity contribution in [1.29, 1.82) is 0 Å². The molecule has 2 N–H and O–H groups in total. The normalized spacial score (nSPS) is 12.6. The van der Waals surface area contributed by atoms with Gasteiger partial charge in [0.1, 0.15) is 5.76 Å². The van der Waals surface area contributed by atoms with Crippen LogP contribution in [0.5, 0.6) is 0 Å². The summed E-state index contributed by atoms with van der Waals surface area (Å²) < 4.78 is 6.98. The van der Waals surface area contributed by atoms with E-state index in [1.54, 1.807) is 17.1 Å². The van der Waals surface area contributed by atoms with Gasteiger partial charge < -0.3 is 14.8 Å². The maximum Gasteiger partial charge on any atom is 0.125 e. The third-order valence-corrected chi connectivity index (χ3v) is 2.32. The molecule has 0 aliphatic heterocycles. The van der Waals surface area contributed by atoms with Gasteiger partial charge in [-0.3, -0.25) is 4.68 Å². The topological polar surface area (TPSA) is 63.2 Å². The van der Waals surface area contributed by atoms with Gasteiger partial charge in [-0.25, -0.2) is 0 Å². The molecule has 5 heteroatoms. The predicted octanol–water partition coefficient (Wildman–Crippen LogP) is 1.64. The summed E-state index contributed by atoms with van der Waals surface area (Å²) in [7, 11) is 0. The summed E-state index contributed by atoms with van der Waals surface area (Å²) in [6, 6.07) is 3.89. The molecule has 0 fully saturated rings. The largest absolute Gasteiger partial charge is 0.467 e. The highest BCUT2D eigenvalue weighted by Crippen LogP contribution is 2.18. The molecule has 2 aromatic heterocycles. The molecule has 0 amide bonds. The average molecular weight is 221 g/mol. The van der Waals surface area contributed by atoms with Gasteiger partial charge in [-0.05, 0) is 19.1 Å². The van der Waals surface area contributed by atoms with E-state index in [0.717, 1.165) is 11.4 Å². The zero-order valence-electron chi connectivity index (χ0n) is 9.13. The number of nitrogens with one attached hydrogen (secondary N) is 1. The van der Waals surface area contributed by atoms with Crippen LogP contribution in [-0.4, -0.2) is 21.5 Å². The summed E-state index contributed by atoms with van der Waals surface area (Å²) in [4.78, 5) is 0. The van der Waals surface area contributed by atoms with E-state index in [1.165, 1.54) is 0 Å². The molecule has 0 bridgehead atoms. The molecule has 0 radical (unpaired) electrons. The number of furan rings is 1. The number of hydrogen-bond acceptors (Lipinski definition) is 4. The van der Waals surface area contributed by atoms with Crippen LogP contribution in [0, 0.1) is 0 Å². The van der Waals surface area contributed by atoms with Gasteiger partial charge in [0.05, 0.1) is 37.3 Å². The van der Waals surface area contributed by atoms with Crippen molar-refractivity contribution < 1.29 is 9.52 Å². The molecule has 2 heterocycles. The summed E-state index contributed by atoms with van der Waals surface area (Å²) in [5.41, 5.74) is 0.914. The highest BCUT2D eigenvalue weighted by Gasteiger charge is 2.08. The molecule has 0 spiro atoms. The number of anilines is 1. The summed E-state index contributed by atoms with van der Waals surface area (Å²) in [5, 5.41) is 16.1. The molecule has 2 aromatic rings. The predicted molar refractivity (Wildman–Crippen MR) is 60.1 cm³/mol. The van der Waals surface area contributed by atoms with E-state index in [4.69, 9.17) is 9.52 Å². The smallest absolute Gasteiger partial charge is 0.125 e. The molecule has 0 aliphatic rings. The van der Waals surface area contributed by atoms with Crippen LogP contribution in [0.2, 0.25) is 0 Å². The van der Waals surface area contributed by atoms with Crippen molar-refractivity contribution in [2.75, 3.05) is 11.9 Å². The zero-order valence-corrected chi connectivity index (χ0v) is 9.13. The second-order valence-electron chi connectivity index (χ2n) is 3.60. The first-order valence-corrected chi connectivity index (χ1v) is 5.23. The van der Waals surface area contributed by atoms with Gasteiger partial charge >= 0.3 is 0 Å². The van der Waals surface area contributed by atoms with Crippen molar-refractivity contribution >= 4 is 5.69 Å². The average Bonchev–Trinajstić information content (AvgIpc) is 2.89. The third-order valence-electron chi connectivity index (χ3n) is 2.32. The Balaban J connectivity index is 1.98. The number of nitrogens with zero attached hydrogens (tertiary/aromatic N) is 2. The van der Waals surface area contributed by atoms with Gasteiger partial charge in [0, 0.05) is 6.20 Å². The van der Waals surface area contributed by atoms with Gasteiger partial charge in [-0.15, -0.1) is 0 Å². The lowest BCUT2D eigenvalue weighted by Crippen LogP contribution is -2.05. The van der Waals surface area contributed by atoms with Gasteiger partial charge in [0.25, 0.3) is 0 Å². The summed E-state index contributed by atoms with van der Waals surface area (Å²) in [6.07, 6.45) is 5.24. The molecule has 1 unspecified atom stereocenters. The molecular formula is C11H15N3O2. The fourth-order valence-electron chi connectivity index (χ4n) is 1.52. The van der Waals surface area contributed by atoms with Gasteiger partial charge in [-0.1, -0.05) is 0 Å². The monoisotopic (exact) mass is 221 g/mol. The van der Waals surface area contributed by atoms with Crippen LogP contribution < -0.4 is 5.32 Å². The minimum Gasteiger partial charge on any atom is -0.467 e. The van der Waals surface area contributed by atoms with Crippen LogP contribution in [0.4, 0.5) is 5.69 Å². The molecule has 16 heavy (non-hydrogen) atoms. The summed E-state index contributed by atoms with van der Waals surface area (Å²) in [5.74, 6) is 0.884. The number of aromatic nitrogens is 2. The number of aliphatic hydroxyl groups is 1. The fourth-order valence-corrected chi connectivity index (χ4v) is 1.52. The molecule has 0 aliphatic carbocycles. The van der Waals surface area contributed by atoms with E-state index in [-0.39, 0.29) is 12.6 Å². The maximum atomic E-state index is 8.76. The number of aliphatic hydroxyl groups excluding tert-OH is 1. The lowest BCUT2D eigenvalue weighted by atomic mass is 10.2. The summed E-state index contributed by atoms with van der Waals surface area (Å²) in [6.45, 7) is 2.62. The number of rotatable bonds is 5. The molecule has 0 saturated carbocycles. The quantitative estimate of drug-likeness (QED) is 0.805. The number of hydrogen-bond donors (Lipinski definition) is 2. The minimum absolute atomic E-state index is 0.0921. The second-order valence-corrected chi connectivity index (χ2v) is 3.60. The van der Waals surface area contributed by atoms with Crippen molar-refractivity contribution in [1.82, 2.24) is 9.78 Å². The van der Waals surface area contributed by atoms with Crippen LogP contribution in [0.1, 0.15) is 18.7 Å². The highest BCUT2D eigenvalue weighted by atomic mass is 16.3. The second kappa shape index (κ2) is 4.85. The summed E-state index contributed by atoms with van der Waals surface area (Å²) >= 11 is 0. The molecule has 5 nitrogen and oxygen atoms in total. The van der Waals surface area contributed by atoms with Crippen LogP contribution in [-0.2, 0) is 6.54 Å². The standard InChI is InChI=1S/C11H15N3O2/c1-9(11-3-2-6-16-11)13-10-7-12-14(8-10)4-5-15/h2-3,6-9,13,15H,4-5H2,1H3. The van der Waals surface area contributed by atoms with Crippen molar-refractivity contribution in [3.63, 3.8) is 0 Å². The Morgan fingerprint density at radius 1 is 1.62 bits per heavy atom. The van der Waals surface area contributed by atoms with Gasteiger partial charge in [0.2, 0.25) is 0 Å². The van der Waals surface area contributed by atoms with E-state index in [0.29, 0.717) is 6.54 Å². The zero-order chi connectivity index (χ0) is 11.4. The Kier molecular flexibility index (Phi) is 3.26. The molecule has 0 aromatic carbocycles. The van der Waals surface area contributed by atoms with E-state index in [1.807, 2.05) is 25.3 Å². The first-order chi connectivity index (χ1) is 7.79. The van der Waals surface area contributed by atoms with Crippen molar-refractivity contribution in [3.05, 3.63) is 36.5 Å². The van der Waals surface area contributed by atoms with E-state index >= 15 is 0 Å². The first-order valence-electron chi connectivity index (χ1n) is 5.23. The Morgan fingerprint density at radius 2 is 2.50 bits per heavy atom. The first kappa shape index (κ1) is 10.8. The third kappa shape index (κ3) is 2.43. The van der Waals surface area contributed by atoms with Crippen LogP contribution in [0.15, 0.2) is 35.2 Å². The SMILES string of the molecule is CC(Nc1cnn(CCO)c1)c1ccco1. The lowest BCUT2D eigenvalue weighted by molar-refractivity contribution is 0.269. The highest BCUT2D eigenvalue weighted by molar-refractivity contribution is 5.40. The van der Waals surface area contributed by atoms with Crippen molar-refractivity contribution in [2.24, 2.45) is 0 Å².